The molecular formula is C18H23NO2. The number of hydrogen-bond acceptors (Lipinski definition) is 2. The van der Waals surface area contributed by atoms with Crippen molar-refractivity contribution in [1.82, 2.24) is 5.32 Å². The van der Waals surface area contributed by atoms with Gasteiger partial charge in [0, 0.05) is 6.42 Å². The van der Waals surface area contributed by atoms with E-state index in [2.05, 4.69) is 18.3 Å². The van der Waals surface area contributed by atoms with Gasteiger partial charge in [-0.2, -0.15) is 0 Å². The van der Waals surface area contributed by atoms with Gasteiger partial charge in [-0.15, -0.1) is 0 Å². The molecule has 1 spiro atoms. The van der Waals surface area contributed by atoms with Crippen LogP contribution in [-0.2, 0) is 9.59 Å². The summed E-state index contributed by atoms with van der Waals surface area (Å²) in [5.41, 5.74) is 2.04. The Morgan fingerprint density at radius 1 is 1.24 bits per heavy atom. The molecule has 3 nitrogen and oxygen atoms in total. The van der Waals surface area contributed by atoms with Crippen molar-refractivity contribution in [2.24, 2.45) is 11.3 Å². The fourth-order valence-corrected chi connectivity index (χ4v) is 4.38. The van der Waals surface area contributed by atoms with Gasteiger partial charge in [-0.3, -0.25) is 14.9 Å². The lowest BCUT2D eigenvalue weighted by Crippen LogP contribution is -2.54. The number of nitrogens with one attached hydrogen (secondary N) is 1. The Labute approximate surface area is 126 Å². The third kappa shape index (κ3) is 2.39. The van der Waals surface area contributed by atoms with Gasteiger partial charge in [-0.05, 0) is 30.2 Å². The van der Waals surface area contributed by atoms with Crippen molar-refractivity contribution >= 4 is 11.8 Å². The van der Waals surface area contributed by atoms with Gasteiger partial charge < -0.3 is 0 Å². The lowest BCUT2D eigenvalue weighted by Gasteiger charge is -2.49. The highest BCUT2D eigenvalue weighted by molar-refractivity contribution is 6.02. The Balaban J connectivity index is 2.08. The summed E-state index contributed by atoms with van der Waals surface area (Å²) in [5, 5.41) is 2.56. The first kappa shape index (κ1) is 14.3. The summed E-state index contributed by atoms with van der Waals surface area (Å²) >= 11 is 0. The van der Waals surface area contributed by atoms with Crippen LogP contribution in [0.25, 0.3) is 0 Å². The number of aryl methyl sites for hydroxylation is 1. The van der Waals surface area contributed by atoms with Gasteiger partial charge in [-0.1, -0.05) is 56.0 Å². The van der Waals surface area contributed by atoms with E-state index < -0.39 is 0 Å². The molecule has 1 aromatic rings. The van der Waals surface area contributed by atoms with Crippen LogP contribution in [0.2, 0.25) is 0 Å². The van der Waals surface area contributed by atoms with E-state index in [0.29, 0.717) is 12.3 Å². The van der Waals surface area contributed by atoms with Crippen molar-refractivity contribution in [3.63, 3.8) is 0 Å². The molecule has 3 heteroatoms. The molecule has 1 saturated heterocycles. The van der Waals surface area contributed by atoms with E-state index in [0.717, 1.165) is 30.4 Å². The third-order valence-electron chi connectivity index (χ3n) is 5.48. The zero-order chi connectivity index (χ0) is 15.0. The summed E-state index contributed by atoms with van der Waals surface area (Å²) in [6.07, 6.45) is 4.90. The van der Waals surface area contributed by atoms with Crippen LogP contribution in [-0.4, -0.2) is 11.8 Å². The largest absolute Gasteiger partial charge is 0.296 e. The van der Waals surface area contributed by atoms with Gasteiger partial charge >= 0.3 is 0 Å². The Morgan fingerprint density at radius 2 is 2.05 bits per heavy atom. The first-order valence-corrected chi connectivity index (χ1v) is 7.93. The second kappa shape index (κ2) is 5.28. The van der Waals surface area contributed by atoms with Crippen molar-refractivity contribution in [3.8, 4) is 0 Å². The molecule has 112 valence electrons. The van der Waals surface area contributed by atoms with Crippen LogP contribution in [0.15, 0.2) is 24.3 Å². The molecule has 1 N–H and O–H groups in total. The second-order valence-corrected chi connectivity index (χ2v) is 6.82. The first-order valence-electron chi connectivity index (χ1n) is 7.93. The molecule has 2 amide bonds. The predicted molar refractivity (Wildman–Crippen MR) is 81.8 cm³/mol. The number of carbonyl (C=O) groups is 2. The van der Waals surface area contributed by atoms with Gasteiger partial charge in [0.1, 0.15) is 0 Å². The number of carbonyl (C=O) groups excluding carboxylic acids is 2. The van der Waals surface area contributed by atoms with Gasteiger partial charge in [0.25, 0.3) is 0 Å². The van der Waals surface area contributed by atoms with E-state index in [1.54, 1.807) is 0 Å². The van der Waals surface area contributed by atoms with Crippen LogP contribution in [0.5, 0.6) is 0 Å². The molecule has 1 aliphatic heterocycles. The molecule has 1 aliphatic carbocycles. The summed E-state index contributed by atoms with van der Waals surface area (Å²) in [5.74, 6) is 0.0143. The molecule has 1 aromatic carbocycles. The Bertz CT molecular complexity index is 580. The summed E-state index contributed by atoms with van der Waals surface area (Å²) in [7, 11) is 0. The average Bonchev–Trinajstić information content (AvgIpc) is 2.41. The molecule has 0 aromatic heterocycles. The van der Waals surface area contributed by atoms with Crippen LogP contribution in [0.1, 0.15) is 56.1 Å². The van der Waals surface area contributed by atoms with Gasteiger partial charge in [0.15, 0.2) is 0 Å². The summed E-state index contributed by atoms with van der Waals surface area (Å²) in [4.78, 5) is 24.6. The highest BCUT2D eigenvalue weighted by Crippen LogP contribution is 2.54. The van der Waals surface area contributed by atoms with E-state index in [4.69, 9.17) is 0 Å². The minimum Gasteiger partial charge on any atom is -0.296 e. The number of amides is 2. The molecule has 3 unspecified atom stereocenters. The van der Waals surface area contributed by atoms with E-state index in [1.165, 1.54) is 6.42 Å². The highest BCUT2D eigenvalue weighted by Gasteiger charge is 2.52. The monoisotopic (exact) mass is 285 g/mol. The maximum atomic E-state index is 12.6. The molecule has 21 heavy (non-hydrogen) atoms. The number of piperidine rings is 1. The summed E-state index contributed by atoms with van der Waals surface area (Å²) in [6, 6.07) is 8.20. The van der Waals surface area contributed by atoms with E-state index in [1.807, 2.05) is 25.1 Å². The van der Waals surface area contributed by atoms with Crippen molar-refractivity contribution < 1.29 is 9.59 Å². The van der Waals surface area contributed by atoms with Crippen LogP contribution in [0.4, 0.5) is 0 Å². The number of benzene rings is 1. The van der Waals surface area contributed by atoms with Gasteiger partial charge in [-0.25, -0.2) is 0 Å². The lowest BCUT2D eigenvalue weighted by molar-refractivity contribution is -0.143. The van der Waals surface area contributed by atoms with E-state index >= 15 is 0 Å². The average molecular weight is 285 g/mol. The zero-order valence-electron chi connectivity index (χ0n) is 12.8. The number of imide groups is 1. The Morgan fingerprint density at radius 3 is 2.76 bits per heavy atom. The van der Waals surface area contributed by atoms with Crippen molar-refractivity contribution in [1.29, 1.82) is 0 Å². The highest BCUT2D eigenvalue weighted by atomic mass is 16.2. The molecule has 3 atom stereocenters. The lowest BCUT2D eigenvalue weighted by atomic mass is 9.55. The van der Waals surface area contributed by atoms with Crippen LogP contribution in [0.3, 0.4) is 0 Å². The quantitative estimate of drug-likeness (QED) is 0.805. The molecule has 1 saturated carbocycles. The fourth-order valence-electron chi connectivity index (χ4n) is 4.38. The topological polar surface area (TPSA) is 46.2 Å². The predicted octanol–water partition coefficient (Wildman–Crippen LogP) is 3.32. The van der Waals surface area contributed by atoms with Gasteiger partial charge in [0.05, 0.1) is 5.92 Å². The summed E-state index contributed by atoms with van der Waals surface area (Å²) < 4.78 is 0. The SMILES string of the molecule is Cc1cccc(C2C(=O)NC(=O)CC23CCCCC3C)c1. The van der Waals surface area contributed by atoms with Crippen LogP contribution in [0, 0.1) is 18.3 Å². The van der Waals surface area contributed by atoms with E-state index in [-0.39, 0.29) is 23.1 Å². The fraction of sp³-hybridized carbons (Fsp3) is 0.556. The summed E-state index contributed by atoms with van der Waals surface area (Å²) in [6.45, 7) is 4.26. The number of hydrogen-bond donors (Lipinski definition) is 1. The van der Waals surface area contributed by atoms with Crippen molar-refractivity contribution in [2.45, 2.75) is 51.9 Å². The number of rotatable bonds is 1. The maximum Gasteiger partial charge on any atom is 0.234 e. The van der Waals surface area contributed by atoms with Gasteiger partial charge in [0.2, 0.25) is 11.8 Å². The molecule has 0 bridgehead atoms. The molecule has 3 rings (SSSR count). The molecule has 0 radical (unpaired) electrons. The van der Waals surface area contributed by atoms with Crippen LogP contribution >= 0.6 is 0 Å². The normalized spacial score (nSPS) is 33.0. The molecule has 2 fully saturated rings. The molecule has 2 aliphatic rings. The molecular weight excluding hydrogens is 262 g/mol. The Hall–Kier alpha value is -1.64. The van der Waals surface area contributed by atoms with Crippen molar-refractivity contribution in [3.05, 3.63) is 35.4 Å². The van der Waals surface area contributed by atoms with Crippen molar-refractivity contribution in [2.75, 3.05) is 0 Å². The maximum absolute atomic E-state index is 12.6. The Kier molecular flexibility index (Phi) is 3.60. The first-order chi connectivity index (χ1) is 10.0. The van der Waals surface area contributed by atoms with Crippen LogP contribution < -0.4 is 5.32 Å². The second-order valence-electron chi connectivity index (χ2n) is 6.82. The third-order valence-corrected chi connectivity index (χ3v) is 5.48. The minimum atomic E-state index is -0.189. The van der Waals surface area contributed by atoms with E-state index in [9.17, 15) is 9.59 Å². The zero-order valence-corrected chi connectivity index (χ0v) is 12.8. The standard InChI is InChI=1S/C18H23NO2/c1-12-6-5-8-14(10-12)16-17(21)19-15(20)11-18(16)9-4-3-7-13(18)2/h5-6,8,10,13,16H,3-4,7,9,11H2,1-2H3,(H,19,20,21). The minimum absolute atomic E-state index is 0.0994. The smallest absolute Gasteiger partial charge is 0.234 e. The molecule has 1 heterocycles.